The van der Waals surface area contributed by atoms with Crippen molar-refractivity contribution in [2.24, 2.45) is 5.84 Å². The minimum Gasteiger partial charge on any atom is -0.459 e. The zero-order valence-electron chi connectivity index (χ0n) is 12.1. The van der Waals surface area contributed by atoms with Gasteiger partial charge in [-0.3, -0.25) is 15.1 Å². The second-order valence-corrected chi connectivity index (χ2v) is 4.36. The van der Waals surface area contributed by atoms with Crippen LogP contribution >= 0.6 is 0 Å². The van der Waals surface area contributed by atoms with Gasteiger partial charge in [-0.05, 0) is 12.5 Å². The highest BCUT2D eigenvalue weighted by Gasteiger charge is 2.16. The van der Waals surface area contributed by atoms with Gasteiger partial charge in [-0.1, -0.05) is 0 Å². The average molecular weight is 285 g/mol. The summed E-state index contributed by atoms with van der Waals surface area (Å²) in [7, 11) is 3.34. The largest absolute Gasteiger partial charge is 0.459 e. The third-order valence-corrected chi connectivity index (χ3v) is 2.91. The van der Waals surface area contributed by atoms with Gasteiger partial charge in [0.1, 0.15) is 0 Å². The van der Waals surface area contributed by atoms with Gasteiger partial charge in [0.2, 0.25) is 0 Å². The van der Waals surface area contributed by atoms with Crippen molar-refractivity contribution in [3.8, 4) is 0 Å². The van der Waals surface area contributed by atoms with E-state index in [1.807, 2.05) is 0 Å². The molecule has 0 spiro atoms. The number of furan rings is 1. The van der Waals surface area contributed by atoms with Crippen LogP contribution in [0.25, 0.3) is 0 Å². The van der Waals surface area contributed by atoms with Crippen LogP contribution in [0.15, 0.2) is 16.7 Å². The first kappa shape index (κ1) is 16.6. The molecule has 20 heavy (non-hydrogen) atoms. The van der Waals surface area contributed by atoms with Crippen molar-refractivity contribution in [1.29, 1.82) is 0 Å². The number of hydrogen-bond acceptors (Lipinski definition) is 6. The summed E-state index contributed by atoms with van der Waals surface area (Å²) in [6, 6.07) is 1.78. The third kappa shape index (κ3) is 5.30. The number of amides is 1. The van der Waals surface area contributed by atoms with Crippen molar-refractivity contribution in [1.82, 2.24) is 10.3 Å². The molecule has 114 valence electrons. The molecule has 1 aromatic heterocycles. The number of ether oxygens (including phenoxy) is 2. The minimum atomic E-state index is -0.423. The van der Waals surface area contributed by atoms with E-state index in [0.29, 0.717) is 19.8 Å². The standard InChI is InChI=1S/C13H23N3O4/c1-18-7-3-5-16(6-9-19-2)10-11-4-8-20-12(11)13(17)15-14/h4,8H,3,5-7,9-10,14H2,1-2H3,(H,15,17). The molecular formula is C13H23N3O4. The average Bonchev–Trinajstić information content (AvgIpc) is 2.92. The summed E-state index contributed by atoms with van der Waals surface area (Å²) in [5.41, 5.74) is 2.89. The predicted molar refractivity (Wildman–Crippen MR) is 74.0 cm³/mol. The second-order valence-electron chi connectivity index (χ2n) is 4.36. The van der Waals surface area contributed by atoms with Crippen LogP contribution in [0.4, 0.5) is 0 Å². The zero-order valence-corrected chi connectivity index (χ0v) is 12.1. The van der Waals surface area contributed by atoms with E-state index in [2.05, 4.69) is 10.3 Å². The summed E-state index contributed by atoms with van der Waals surface area (Å²) in [5, 5.41) is 0. The van der Waals surface area contributed by atoms with Gasteiger partial charge in [0.25, 0.3) is 0 Å². The Balaban J connectivity index is 2.63. The molecule has 1 heterocycles. The van der Waals surface area contributed by atoms with E-state index >= 15 is 0 Å². The predicted octanol–water partition coefficient (Wildman–Crippen LogP) is 0.368. The third-order valence-electron chi connectivity index (χ3n) is 2.91. The quantitative estimate of drug-likeness (QED) is 0.279. The number of nitrogens with one attached hydrogen (secondary N) is 1. The van der Waals surface area contributed by atoms with Crippen molar-refractivity contribution in [3.63, 3.8) is 0 Å². The van der Waals surface area contributed by atoms with Gasteiger partial charge >= 0.3 is 5.91 Å². The molecule has 0 saturated carbocycles. The maximum Gasteiger partial charge on any atom is 0.301 e. The Morgan fingerprint density at radius 3 is 2.75 bits per heavy atom. The molecule has 7 heteroatoms. The van der Waals surface area contributed by atoms with Crippen LogP contribution in [0, 0.1) is 0 Å². The van der Waals surface area contributed by atoms with Gasteiger partial charge in [0.05, 0.1) is 12.9 Å². The van der Waals surface area contributed by atoms with Crippen molar-refractivity contribution in [2.45, 2.75) is 13.0 Å². The fourth-order valence-electron chi connectivity index (χ4n) is 1.89. The molecule has 3 N–H and O–H groups in total. The van der Waals surface area contributed by atoms with Crippen LogP contribution in [0.3, 0.4) is 0 Å². The number of hydrogen-bond donors (Lipinski definition) is 2. The molecule has 1 rings (SSSR count). The van der Waals surface area contributed by atoms with Crippen LogP contribution in [0.5, 0.6) is 0 Å². The van der Waals surface area contributed by atoms with Crippen LogP contribution in [0.1, 0.15) is 22.5 Å². The first-order valence-corrected chi connectivity index (χ1v) is 6.50. The number of carbonyl (C=O) groups is 1. The maximum atomic E-state index is 11.6. The Labute approximate surface area is 119 Å². The molecule has 7 nitrogen and oxygen atoms in total. The highest BCUT2D eigenvalue weighted by Crippen LogP contribution is 2.13. The van der Waals surface area contributed by atoms with Gasteiger partial charge in [-0.15, -0.1) is 0 Å². The minimum absolute atomic E-state index is 0.252. The lowest BCUT2D eigenvalue weighted by Crippen LogP contribution is -2.32. The highest BCUT2D eigenvalue weighted by atomic mass is 16.5. The van der Waals surface area contributed by atoms with Crippen molar-refractivity contribution < 1.29 is 18.7 Å². The van der Waals surface area contributed by atoms with Gasteiger partial charge in [-0.25, -0.2) is 5.84 Å². The van der Waals surface area contributed by atoms with Crippen LogP contribution in [-0.2, 0) is 16.0 Å². The Morgan fingerprint density at radius 1 is 1.35 bits per heavy atom. The lowest BCUT2D eigenvalue weighted by Gasteiger charge is -2.21. The van der Waals surface area contributed by atoms with Gasteiger partial charge in [0.15, 0.2) is 5.76 Å². The molecule has 0 atom stereocenters. The molecule has 0 aliphatic rings. The molecule has 0 bridgehead atoms. The van der Waals surface area contributed by atoms with E-state index in [0.717, 1.165) is 25.1 Å². The smallest absolute Gasteiger partial charge is 0.301 e. The molecular weight excluding hydrogens is 262 g/mol. The first-order chi connectivity index (χ1) is 9.72. The molecule has 0 radical (unpaired) electrons. The van der Waals surface area contributed by atoms with E-state index in [1.165, 1.54) is 6.26 Å². The highest BCUT2D eigenvalue weighted by molar-refractivity contribution is 5.92. The van der Waals surface area contributed by atoms with E-state index in [1.54, 1.807) is 20.3 Å². The molecule has 0 aromatic carbocycles. The number of methoxy groups -OCH3 is 2. The SMILES string of the molecule is COCCCN(CCOC)Cc1ccoc1C(=O)NN. The lowest BCUT2D eigenvalue weighted by molar-refractivity contribution is 0.0921. The first-order valence-electron chi connectivity index (χ1n) is 6.50. The van der Waals surface area contributed by atoms with Crippen molar-refractivity contribution in [3.05, 3.63) is 23.7 Å². The molecule has 0 aliphatic carbocycles. The number of carbonyl (C=O) groups excluding carboxylic acids is 1. The van der Waals surface area contributed by atoms with Crippen LogP contribution < -0.4 is 11.3 Å². The molecule has 0 fully saturated rings. The normalized spacial score (nSPS) is 11.0. The van der Waals surface area contributed by atoms with E-state index in [4.69, 9.17) is 19.7 Å². The second kappa shape index (κ2) is 9.49. The lowest BCUT2D eigenvalue weighted by atomic mass is 10.2. The summed E-state index contributed by atoms with van der Waals surface area (Å²) in [6.07, 6.45) is 2.40. The number of nitrogens with zero attached hydrogens (tertiary/aromatic N) is 1. The number of nitrogen functional groups attached to an aromatic ring is 1. The van der Waals surface area contributed by atoms with Crippen LogP contribution in [-0.4, -0.2) is 51.3 Å². The summed E-state index contributed by atoms with van der Waals surface area (Å²) < 4.78 is 15.3. The maximum absolute atomic E-state index is 11.6. The van der Waals surface area contributed by atoms with Crippen LogP contribution in [0.2, 0.25) is 0 Å². The number of nitrogens with two attached hydrogens (primary N) is 1. The van der Waals surface area contributed by atoms with E-state index in [-0.39, 0.29) is 5.76 Å². The zero-order chi connectivity index (χ0) is 14.8. The van der Waals surface area contributed by atoms with Gasteiger partial charge in [-0.2, -0.15) is 0 Å². The van der Waals surface area contributed by atoms with Crippen molar-refractivity contribution in [2.75, 3.05) is 40.5 Å². The van der Waals surface area contributed by atoms with Gasteiger partial charge in [0, 0.05) is 46.0 Å². The fourth-order valence-corrected chi connectivity index (χ4v) is 1.89. The Kier molecular flexibility index (Phi) is 7.89. The molecule has 1 amide bonds. The summed E-state index contributed by atoms with van der Waals surface area (Å²) in [6.45, 7) is 3.56. The fraction of sp³-hybridized carbons (Fsp3) is 0.615. The Bertz CT molecular complexity index is 395. The monoisotopic (exact) mass is 285 g/mol. The molecule has 0 unspecified atom stereocenters. The van der Waals surface area contributed by atoms with Crippen molar-refractivity contribution >= 4 is 5.91 Å². The summed E-state index contributed by atoms with van der Waals surface area (Å²) in [5.74, 6) is 4.96. The van der Waals surface area contributed by atoms with E-state index in [9.17, 15) is 4.79 Å². The molecule has 1 aromatic rings. The molecule has 0 saturated heterocycles. The summed E-state index contributed by atoms with van der Waals surface area (Å²) >= 11 is 0. The molecule has 0 aliphatic heterocycles. The Hall–Kier alpha value is -1.41. The number of hydrazine groups is 1. The Morgan fingerprint density at radius 2 is 2.10 bits per heavy atom. The van der Waals surface area contributed by atoms with E-state index < -0.39 is 5.91 Å². The van der Waals surface area contributed by atoms with Gasteiger partial charge < -0.3 is 13.9 Å². The summed E-state index contributed by atoms with van der Waals surface area (Å²) in [4.78, 5) is 13.7. The topological polar surface area (TPSA) is 90.0 Å². The number of rotatable bonds is 10.